The zero-order chi connectivity index (χ0) is 13.9. The van der Waals surface area contributed by atoms with Crippen LogP contribution in [0.25, 0.3) is 10.9 Å². The van der Waals surface area contributed by atoms with Crippen molar-refractivity contribution in [3.8, 4) is 0 Å². The molecule has 0 unspecified atom stereocenters. The number of aliphatic hydroxyl groups is 1. The number of hydrogen-bond donors (Lipinski definition) is 2. The number of rotatable bonds is 5. The molecule has 0 radical (unpaired) electrons. The summed E-state index contributed by atoms with van der Waals surface area (Å²) in [7, 11) is 0. The van der Waals surface area contributed by atoms with Gasteiger partial charge in [-0.15, -0.1) is 0 Å². The molecule has 0 saturated carbocycles. The molecule has 2 N–H and O–H groups in total. The first-order valence-electron chi connectivity index (χ1n) is 6.05. The lowest BCUT2D eigenvalue weighted by atomic mass is 10.1. The SMILES string of the molecule is CC(Cc1c[nH]c2ccccc12)=NCC(F)(F)CO. The van der Waals surface area contributed by atoms with E-state index in [0.29, 0.717) is 12.1 Å². The van der Waals surface area contributed by atoms with Gasteiger partial charge in [-0.1, -0.05) is 18.2 Å². The fraction of sp³-hybridized carbons (Fsp3) is 0.357. The average molecular weight is 266 g/mol. The number of para-hydroxylation sites is 1. The lowest BCUT2D eigenvalue weighted by Crippen LogP contribution is -2.25. The predicted molar refractivity (Wildman–Crippen MR) is 72.0 cm³/mol. The van der Waals surface area contributed by atoms with Crippen molar-refractivity contribution in [2.75, 3.05) is 13.2 Å². The van der Waals surface area contributed by atoms with Crippen molar-refractivity contribution in [2.24, 2.45) is 4.99 Å². The van der Waals surface area contributed by atoms with Crippen LogP contribution in [0, 0.1) is 0 Å². The van der Waals surface area contributed by atoms with Crippen molar-refractivity contribution < 1.29 is 13.9 Å². The molecule has 3 nitrogen and oxygen atoms in total. The van der Waals surface area contributed by atoms with Crippen LogP contribution < -0.4 is 0 Å². The smallest absolute Gasteiger partial charge is 0.289 e. The molecule has 0 aliphatic carbocycles. The van der Waals surface area contributed by atoms with E-state index in [0.717, 1.165) is 16.5 Å². The van der Waals surface area contributed by atoms with Crippen molar-refractivity contribution in [3.63, 3.8) is 0 Å². The molecule has 2 aromatic rings. The second-order valence-electron chi connectivity index (χ2n) is 4.60. The molecule has 0 atom stereocenters. The van der Waals surface area contributed by atoms with Gasteiger partial charge in [-0.3, -0.25) is 4.99 Å². The number of H-pyrrole nitrogens is 1. The largest absolute Gasteiger partial charge is 0.390 e. The van der Waals surface area contributed by atoms with Crippen LogP contribution >= 0.6 is 0 Å². The summed E-state index contributed by atoms with van der Waals surface area (Å²) in [6.07, 6.45) is 2.39. The molecule has 0 fully saturated rings. The maximum absolute atomic E-state index is 12.9. The molecular weight excluding hydrogens is 250 g/mol. The number of nitrogens with one attached hydrogen (secondary N) is 1. The molecule has 1 aromatic carbocycles. The Morgan fingerprint density at radius 3 is 2.84 bits per heavy atom. The minimum Gasteiger partial charge on any atom is -0.390 e. The van der Waals surface area contributed by atoms with Crippen molar-refractivity contribution in [2.45, 2.75) is 19.3 Å². The molecule has 2 rings (SSSR count). The van der Waals surface area contributed by atoms with Gasteiger partial charge in [0.2, 0.25) is 0 Å². The van der Waals surface area contributed by atoms with E-state index in [1.807, 2.05) is 30.5 Å². The lowest BCUT2D eigenvalue weighted by Gasteiger charge is -2.10. The zero-order valence-electron chi connectivity index (χ0n) is 10.7. The number of nitrogens with zero attached hydrogens (tertiary/aromatic N) is 1. The molecular formula is C14H16F2N2O. The number of halogens is 2. The highest BCUT2D eigenvalue weighted by Crippen LogP contribution is 2.19. The highest BCUT2D eigenvalue weighted by molar-refractivity contribution is 5.91. The molecule has 1 heterocycles. The summed E-state index contributed by atoms with van der Waals surface area (Å²) in [5.41, 5.74) is 2.67. The zero-order valence-corrected chi connectivity index (χ0v) is 10.7. The van der Waals surface area contributed by atoms with Crippen LogP contribution in [0.15, 0.2) is 35.5 Å². The highest BCUT2D eigenvalue weighted by Gasteiger charge is 2.26. The molecule has 1 aromatic heterocycles. The Labute approximate surface area is 110 Å². The molecule has 0 spiro atoms. The Morgan fingerprint density at radius 1 is 1.37 bits per heavy atom. The van der Waals surface area contributed by atoms with Gasteiger partial charge in [-0.25, -0.2) is 8.78 Å². The Hall–Kier alpha value is -1.75. The number of aliphatic hydroxyl groups excluding tert-OH is 1. The summed E-state index contributed by atoms with van der Waals surface area (Å²) in [6.45, 7) is -0.121. The Bertz CT molecular complexity index is 590. The normalized spacial score (nSPS) is 13.2. The molecule has 102 valence electrons. The minimum atomic E-state index is -3.14. The van der Waals surface area contributed by atoms with Crippen LogP contribution in [-0.4, -0.2) is 34.9 Å². The molecule has 0 amide bonds. The Balaban J connectivity index is 2.10. The summed E-state index contributed by atoms with van der Waals surface area (Å²) in [5, 5.41) is 9.56. The van der Waals surface area contributed by atoms with Crippen LogP contribution in [-0.2, 0) is 6.42 Å². The Kier molecular flexibility index (Phi) is 3.95. The number of aromatic amines is 1. The van der Waals surface area contributed by atoms with E-state index in [2.05, 4.69) is 9.98 Å². The predicted octanol–water partition coefficient (Wildman–Crippen LogP) is 2.80. The molecule has 0 saturated heterocycles. The monoisotopic (exact) mass is 266 g/mol. The number of alkyl halides is 2. The van der Waals surface area contributed by atoms with E-state index >= 15 is 0 Å². The summed E-state index contributed by atoms with van der Waals surface area (Å²) < 4.78 is 25.8. The minimum absolute atomic E-state index is 0.519. The van der Waals surface area contributed by atoms with Gasteiger partial charge in [-0.2, -0.15) is 0 Å². The molecule has 19 heavy (non-hydrogen) atoms. The van der Waals surface area contributed by atoms with Crippen LogP contribution in [0.3, 0.4) is 0 Å². The first-order chi connectivity index (χ1) is 9.02. The van der Waals surface area contributed by atoms with Crippen molar-refractivity contribution in [1.29, 1.82) is 0 Å². The maximum Gasteiger partial charge on any atom is 0.289 e. The second-order valence-corrected chi connectivity index (χ2v) is 4.60. The van der Waals surface area contributed by atoms with Gasteiger partial charge in [0, 0.05) is 29.2 Å². The van der Waals surface area contributed by atoms with E-state index < -0.39 is 19.1 Å². The van der Waals surface area contributed by atoms with Crippen LogP contribution in [0.4, 0.5) is 8.78 Å². The number of fused-ring (bicyclic) bond motifs is 1. The first kappa shape index (κ1) is 13.7. The van der Waals surface area contributed by atoms with Crippen molar-refractivity contribution >= 4 is 16.6 Å². The lowest BCUT2D eigenvalue weighted by molar-refractivity contribution is -0.0404. The van der Waals surface area contributed by atoms with Gasteiger partial charge in [0.1, 0.15) is 13.2 Å². The van der Waals surface area contributed by atoms with Crippen LogP contribution in [0.5, 0.6) is 0 Å². The van der Waals surface area contributed by atoms with Gasteiger partial charge in [-0.05, 0) is 18.6 Å². The molecule has 0 bridgehead atoms. The summed E-state index contributed by atoms with van der Waals surface area (Å²) in [5.74, 6) is -3.14. The maximum atomic E-state index is 12.9. The summed E-state index contributed by atoms with van der Waals surface area (Å²) >= 11 is 0. The molecule has 0 aliphatic heterocycles. The Morgan fingerprint density at radius 2 is 2.11 bits per heavy atom. The van der Waals surface area contributed by atoms with Crippen molar-refractivity contribution in [3.05, 3.63) is 36.0 Å². The van der Waals surface area contributed by atoms with E-state index in [-0.39, 0.29) is 0 Å². The standard InChI is InChI=1S/C14H16F2N2O/c1-10(18-8-14(15,16)9-19)6-11-7-17-13-5-3-2-4-12(11)13/h2-5,7,17,19H,6,8-9H2,1H3. The van der Waals surface area contributed by atoms with E-state index in [9.17, 15) is 8.78 Å². The molecule has 5 heteroatoms. The topological polar surface area (TPSA) is 48.4 Å². The van der Waals surface area contributed by atoms with Crippen molar-refractivity contribution in [1.82, 2.24) is 4.98 Å². The third-order valence-electron chi connectivity index (χ3n) is 2.93. The number of aliphatic imine (C=N–C) groups is 1. The fourth-order valence-electron chi connectivity index (χ4n) is 1.91. The van der Waals surface area contributed by atoms with Gasteiger partial charge in [0.25, 0.3) is 5.92 Å². The second kappa shape index (κ2) is 5.48. The van der Waals surface area contributed by atoms with Gasteiger partial charge >= 0.3 is 0 Å². The fourth-order valence-corrected chi connectivity index (χ4v) is 1.91. The van der Waals surface area contributed by atoms with Gasteiger partial charge in [0.15, 0.2) is 0 Å². The number of benzene rings is 1. The van der Waals surface area contributed by atoms with E-state index in [1.165, 1.54) is 0 Å². The highest BCUT2D eigenvalue weighted by atomic mass is 19.3. The van der Waals surface area contributed by atoms with E-state index in [1.54, 1.807) is 6.92 Å². The van der Waals surface area contributed by atoms with Gasteiger partial charge < -0.3 is 10.1 Å². The van der Waals surface area contributed by atoms with Crippen LogP contribution in [0.2, 0.25) is 0 Å². The van der Waals surface area contributed by atoms with Gasteiger partial charge in [0.05, 0.1) is 0 Å². The third-order valence-corrected chi connectivity index (χ3v) is 2.93. The average Bonchev–Trinajstić information content (AvgIpc) is 2.80. The van der Waals surface area contributed by atoms with Crippen LogP contribution in [0.1, 0.15) is 12.5 Å². The summed E-state index contributed by atoms with van der Waals surface area (Å²) in [4.78, 5) is 6.98. The quantitative estimate of drug-likeness (QED) is 0.803. The summed E-state index contributed by atoms with van der Waals surface area (Å²) in [6, 6.07) is 7.82. The number of aromatic nitrogens is 1. The molecule has 0 aliphatic rings. The van der Waals surface area contributed by atoms with E-state index in [4.69, 9.17) is 5.11 Å². The number of hydrogen-bond acceptors (Lipinski definition) is 2. The first-order valence-corrected chi connectivity index (χ1v) is 6.05. The third kappa shape index (κ3) is 3.38.